The van der Waals surface area contributed by atoms with Gasteiger partial charge in [-0.25, -0.2) is 0 Å². The highest BCUT2D eigenvalue weighted by Gasteiger charge is 2.30. The highest BCUT2D eigenvalue weighted by Crippen LogP contribution is 2.36. The van der Waals surface area contributed by atoms with Crippen molar-refractivity contribution in [3.8, 4) is 5.75 Å². The number of hydrogen-bond acceptors (Lipinski definition) is 2. The van der Waals surface area contributed by atoms with Gasteiger partial charge in [-0.05, 0) is 67.8 Å². The molecule has 1 N–H and O–H groups in total. The first-order valence-corrected chi connectivity index (χ1v) is 8.33. The van der Waals surface area contributed by atoms with E-state index in [4.69, 9.17) is 16.3 Å². The molecular formula is C17H24ClNO. The molecule has 110 valence electrons. The van der Waals surface area contributed by atoms with Crippen LogP contribution in [0.2, 0.25) is 5.02 Å². The van der Waals surface area contributed by atoms with Crippen molar-refractivity contribution < 1.29 is 4.74 Å². The zero-order valence-electron chi connectivity index (χ0n) is 12.3. The minimum absolute atomic E-state index is 0.716. The lowest BCUT2D eigenvalue weighted by Gasteiger charge is -2.17. The number of aryl methyl sites for hydroxylation is 1. The molecule has 1 aliphatic carbocycles. The van der Waals surface area contributed by atoms with E-state index >= 15 is 0 Å². The van der Waals surface area contributed by atoms with Gasteiger partial charge in [0.2, 0.25) is 0 Å². The van der Waals surface area contributed by atoms with Gasteiger partial charge >= 0.3 is 0 Å². The average molecular weight is 294 g/mol. The lowest BCUT2D eigenvalue weighted by atomic mass is 9.99. The third-order valence-corrected chi connectivity index (χ3v) is 4.66. The van der Waals surface area contributed by atoms with Gasteiger partial charge in [0.1, 0.15) is 5.75 Å². The van der Waals surface area contributed by atoms with Gasteiger partial charge in [0.15, 0.2) is 0 Å². The van der Waals surface area contributed by atoms with Crippen molar-refractivity contribution in [1.29, 1.82) is 0 Å². The molecule has 0 spiro atoms. The van der Waals surface area contributed by atoms with Crippen LogP contribution in [0.5, 0.6) is 5.75 Å². The predicted molar refractivity (Wildman–Crippen MR) is 83.8 cm³/mol. The van der Waals surface area contributed by atoms with E-state index in [1.807, 2.05) is 0 Å². The van der Waals surface area contributed by atoms with Crippen LogP contribution in [0.4, 0.5) is 0 Å². The van der Waals surface area contributed by atoms with Crippen LogP contribution in [0.15, 0.2) is 12.1 Å². The second-order valence-electron chi connectivity index (χ2n) is 6.05. The Morgan fingerprint density at radius 1 is 1.40 bits per heavy atom. The van der Waals surface area contributed by atoms with Crippen molar-refractivity contribution in [2.45, 2.75) is 51.5 Å². The molecule has 1 aliphatic heterocycles. The van der Waals surface area contributed by atoms with Crippen molar-refractivity contribution in [1.82, 2.24) is 5.32 Å². The number of rotatable bonds is 7. The van der Waals surface area contributed by atoms with Crippen LogP contribution in [0.1, 0.15) is 43.7 Å². The molecule has 20 heavy (non-hydrogen) atoms. The molecule has 1 heterocycles. The van der Waals surface area contributed by atoms with Gasteiger partial charge in [-0.1, -0.05) is 18.5 Å². The minimum atomic E-state index is 0.716. The lowest BCUT2D eigenvalue weighted by molar-refractivity contribution is 0.352. The number of hydrogen-bond donors (Lipinski definition) is 1. The first kappa shape index (κ1) is 14.2. The van der Waals surface area contributed by atoms with E-state index in [2.05, 4.69) is 24.4 Å². The molecule has 1 aromatic carbocycles. The van der Waals surface area contributed by atoms with Gasteiger partial charge in [0, 0.05) is 17.5 Å². The highest BCUT2D eigenvalue weighted by atomic mass is 35.5. The Balaban J connectivity index is 1.58. The monoisotopic (exact) mass is 293 g/mol. The van der Waals surface area contributed by atoms with E-state index in [-0.39, 0.29) is 0 Å². The molecule has 1 atom stereocenters. The molecule has 2 aliphatic rings. The van der Waals surface area contributed by atoms with E-state index in [9.17, 15) is 0 Å². The largest absolute Gasteiger partial charge is 0.493 e. The summed E-state index contributed by atoms with van der Waals surface area (Å²) in [4.78, 5) is 0. The van der Waals surface area contributed by atoms with E-state index in [0.717, 1.165) is 42.7 Å². The second kappa shape index (κ2) is 6.36. The number of benzene rings is 1. The van der Waals surface area contributed by atoms with Gasteiger partial charge in [0.05, 0.1) is 6.61 Å². The Kier molecular flexibility index (Phi) is 4.52. The number of nitrogens with one attached hydrogen (secondary N) is 1. The van der Waals surface area contributed by atoms with Crippen molar-refractivity contribution in [2.24, 2.45) is 5.92 Å². The third kappa shape index (κ3) is 3.29. The Morgan fingerprint density at radius 3 is 3.00 bits per heavy atom. The Labute approximate surface area is 126 Å². The van der Waals surface area contributed by atoms with Gasteiger partial charge in [-0.3, -0.25) is 0 Å². The van der Waals surface area contributed by atoms with E-state index in [0.29, 0.717) is 6.04 Å². The molecule has 0 bridgehead atoms. The zero-order valence-corrected chi connectivity index (χ0v) is 13.0. The molecule has 1 unspecified atom stereocenters. The molecule has 3 heteroatoms. The lowest BCUT2D eigenvalue weighted by Crippen LogP contribution is -2.30. The summed E-state index contributed by atoms with van der Waals surface area (Å²) in [5, 5.41) is 4.49. The van der Waals surface area contributed by atoms with Crippen molar-refractivity contribution in [3.05, 3.63) is 28.3 Å². The Bertz CT molecular complexity index is 470. The van der Waals surface area contributed by atoms with Crippen LogP contribution < -0.4 is 10.1 Å². The standard InChI is InChI=1S/C17H24ClNO/c1-2-19-16(12-6-7-12)5-3-4-13-10-15(18)11-14-8-9-20-17(13)14/h10-12,16,19H,2-9H2,1H3. The van der Waals surface area contributed by atoms with Crippen LogP contribution >= 0.6 is 11.6 Å². The fourth-order valence-electron chi connectivity index (χ4n) is 3.31. The second-order valence-corrected chi connectivity index (χ2v) is 6.48. The van der Waals surface area contributed by atoms with Gasteiger partial charge in [-0.15, -0.1) is 0 Å². The number of ether oxygens (including phenoxy) is 1. The van der Waals surface area contributed by atoms with E-state index < -0.39 is 0 Å². The summed E-state index contributed by atoms with van der Waals surface area (Å²) in [6, 6.07) is 4.86. The summed E-state index contributed by atoms with van der Waals surface area (Å²) in [7, 11) is 0. The molecule has 0 radical (unpaired) electrons. The first-order valence-electron chi connectivity index (χ1n) is 7.95. The Morgan fingerprint density at radius 2 is 2.25 bits per heavy atom. The fourth-order valence-corrected chi connectivity index (χ4v) is 3.57. The van der Waals surface area contributed by atoms with Crippen LogP contribution in [-0.4, -0.2) is 19.2 Å². The number of halogens is 1. The molecule has 1 aromatic rings. The van der Waals surface area contributed by atoms with Crippen molar-refractivity contribution in [2.75, 3.05) is 13.2 Å². The summed E-state index contributed by atoms with van der Waals surface area (Å²) in [5.41, 5.74) is 2.59. The summed E-state index contributed by atoms with van der Waals surface area (Å²) in [5.74, 6) is 2.04. The quantitative estimate of drug-likeness (QED) is 0.821. The van der Waals surface area contributed by atoms with E-state index in [1.54, 1.807) is 0 Å². The number of fused-ring (bicyclic) bond motifs is 1. The maximum Gasteiger partial charge on any atom is 0.125 e. The van der Waals surface area contributed by atoms with Crippen LogP contribution in [0, 0.1) is 5.92 Å². The molecule has 0 amide bonds. The highest BCUT2D eigenvalue weighted by molar-refractivity contribution is 6.30. The summed E-state index contributed by atoms with van der Waals surface area (Å²) < 4.78 is 5.78. The Hall–Kier alpha value is -0.730. The normalized spacial score (nSPS) is 18.7. The molecule has 1 fully saturated rings. The third-order valence-electron chi connectivity index (χ3n) is 4.44. The molecule has 1 saturated carbocycles. The van der Waals surface area contributed by atoms with Crippen LogP contribution in [0.25, 0.3) is 0 Å². The fraction of sp³-hybridized carbons (Fsp3) is 0.647. The first-order chi connectivity index (χ1) is 9.78. The predicted octanol–water partition coefficient (Wildman–Crippen LogP) is 3.99. The zero-order chi connectivity index (χ0) is 13.9. The van der Waals surface area contributed by atoms with E-state index in [1.165, 1.54) is 36.8 Å². The SMILES string of the molecule is CCNC(CCCc1cc(Cl)cc2c1OCC2)C1CC1. The minimum Gasteiger partial charge on any atom is -0.493 e. The summed E-state index contributed by atoms with van der Waals surface area (Å²) in [6.45, 7) is 4.09. The van der Waals surface area contributed by atoms with Gasteiger partial charge < -0.3 is 10.1 Å². The van der Waals surface area contributed by atoms with Gasteiger partial charge in [-0.2, -0.15) is 0 Å². The molecule has 0 aromatic heterocycles. The van der Waals surface area contributed by atoms with Crippen LogP contribution in [0.3, 0.4) is 0 Å². The molecule has 0 saturated heterocycles. The molecular weight excluding hydrogens is 270 g/mol. The maximum absolute atomic E-state index is 6.21. The van der Waals surface area contributed by atoms with Gasteiger partial charge in [0.25, 0.3) is 0 Å². The molecule has 3 rings (SSSR count). The van der Waals surface area contributed by atoms with Crippen molar-refractivity contribution in [3.63, 3.8) is 0 Å². The topological polar surface area (TPSA) is 21.3 Å². The average Bonchev–Trinajstić information content (AvgIpc) is 3.16. The van der Waals surface area contributed by atoms with Crippen molar-refractivity contribution >= 4 is 11.6 Å². The maximum atomic E-state index is 6.21. The smallest absolute Gasteiger partial charge is 0.125 e. The summed E-state index contributed by atoms with van der Waals surface area (Å²) >= 11 is 6.21. The summed E-state index contributed by atoms with van der Waals surface area (Å²) in [6.07, 6.45) is 7.38. The molecule has 2 nitrogen and oxygen atoms in total. The van der Waals surface area contributed by atoms with Crippen LogP contribution in [-0.2, 0) is 12.8 Å².